The molecule has 1 aromatic heterocycles. The van der Waals surface area contributed by atoms with Gasteiger partial charge in [0.1, 0.15) is 5.60 Å². The SMILES string of the molecule is CC(C)(C)OC(=O)NC[C@@H](CC(O)c1cncc(F)c1Cl)O[Si](C)(C)C(C)(C)C. The molecule has 0 bridgehead atoms. The summed E-state index contributed by atoms with van der Waals surface area (Å²) in [5, 5.41) is 13.1. The largest absolute Gasteiger partial charge is 0.444 e. The molecular formula is C20H34ClFN2O4Si. The molecule has 29 heavy (non-hydrogen) atoms. The molecule has 1 aromatic rings. The third-order valence-corrected chi connectivity index (χ3v) is 9.78. The molecule has 0 saturated carbocycles. The van der Waals surface area contributed by atoms with E-state index in [4.69, 9.17) is 20.8 Å². The Labute approximate surface area is 179 Å². The zero-order valence-electron chi connectivity index (χ0n) is 18.6. The molecular weight excluding hydrogens is 415 g/mol. The van der Waals surface area contributed by atoms with Crippen molar-refractivity contribution in [1.29, 1.82) is 0 Å². The molecule has 0 aliphatic carbocycles. The predicted octanol–water partition coefficient (Wildman–Crippen LogP) is 5.21. The number of aliphatic hydroxyl groups is 1. The van der Waals surface area contributed by atoms with Crippen LogP contribution < -0.4 is 5.32 Å². The minimum atomic E-state index is -2.21. The number of amides is 1. The van der Waals surface area contributed by atoms with Crippen LogP contribution in [-0.2, 0) is 9.16 Å². The minimum Gasteiger partial charge on any atom is -0.444 e. The van der Waals surface area contributed by atoms with Crippen LogP contribution in [0.1, 0.15) is 59.6 Å². The Balaban J connectivity index is 2.97. The Bertz CT molecular complexity index is 705. The van der Waals surface area contributed by atoms with Crippen molar-refractivity contribution in [1.82, 2.24) is 10.3 Å². The maximum absolute atomic E-state index is 13.7. The summed E-state index contributed by atoms with van der Waals surface area (Å²) >= 11 is 5.98. The number of nitrogens with zero attached hydrogens (tertiary/aromatic N) is 1. The van der Waals surface area contributed by atoms with Crippen LogP contribution in [0.3, 0.4) is 0 Å². The molecule has 6 nitrogen and oxygen atoms in total. The van der Waals surface area contributed by atoms with Crippen LogP contribution in [0.4, 0.5) is 9.18 Å². The highest BCUT2D eigenvalue weighted by atomic mass is 35.5. The summed E-state index contributed by atoms with van der Waals surface area (Å²) in [6.07, 6.45) is 0.264. The number of hydrogen-bond donors (Lipinski definition) is 2. The van der Waals surface area contributed by atoms with Crippen molar-refractivity contribution in [3.63, 3.8) is 0 Å². The van der Waals surface area contributed by atoms with Crippen molar-refractivity contribution in [2.75, 3.05) is 6.54 Å². The lowest BCUT2D eigenvalue weighted by molar-refractivity contribution is 0.0453. The number of rotatable bonds is 7. The molecule has 2 N–H and O–H groups in total. The van der Waals surface area contributed by atoms with Gasteiger partial charge >= 0.3 is 6.09 Å². The third kappa shape index (κ3) is 8.20. The van der Waals surface area contributed by atoms with Gasteiger partial charge in [-0.3, -0.25) is 4.98 Å². The number of carbonyl (C=O) groups is 1. The Morgan fingerprint density at radius 3 is 2.38 bits per heavy atom. The van der Waals surface area contributed by atoms with Gasteiger partial charge in [-0.25, -0.2) is 9.18 Å². The van der Waals surface area contributed by atoms with Crippen LogP contribution in [0.25, 0.3) is 0 Å². The van der Waals surface area contributed by atoms with Gasteiger partial charge in [-0.1, -0.05) is 32.4 Å². The number of pyridine rings is 1. The van der Waals surface area contributed by atoms with Crippen molar-refractivity contribution in [2.45, 2.75) is 83.9 Å². The lowest BCUT2D eigenvalue weighted by Gasteiger charge is -2.39. The quantitative estimate of drug-likeness (QED) is 0.559. The summed E-state index contributed by atoms with van der Waals surface area (Å²) < 4.78 is 25.4. The van der Waals surface area contributed by atoms with E-state index < -0.39 is 38.0 Å². The maximum Gasteiger partial charge on any atom is 0.407 e. The van der Waals surface area contributed by atoms with Crippen molar-refractivity contribution < 1.29 is 23.5 Å². The van der Waals surface area contributed by atoms with Crippen LogP contribution in [0.5, 0.6) is 0 Å². The number of nitrogens with one attached hydrogen (secondary N) is 1. The van der Waals surface area contributed by atoms with Gasteiger partial charge in [0, 0.05) is 24.7 Å². The number of alkyl carbamates (subject to hydrolysis) is 1. The van der Waals surface area contributed by atoms with E-state index in [0.29, 0.717) is 0 Å². The topological polar surface area (TPSA) is 80.7 Å². The van der Waals surface area contributed by atoms with E-state index in [2.05, 4.69) is 44.2 Å². The van der Waals surface area contributed by atoms with Gasteiger partial charge in [-0.05, 0) is 38.9 Å². The maximum atomic E-state index is 13.7. The van der Waals surface area contributed by atoms with Crippen LogP contribution in [0.2, 0.25) is 23.2 Å². The molecule has 166 valence electrons. The first-order valence-corrected chi connectivity index (χ1v) is 12.9. The molecule has 0 aromatic carbocycles. The summed E-state index contributed by atoms with van der Waals surface area (Å²) in [7, 11) is -2.21. The molecule has 1 unspecified atom stereocenters. The summed E-state index contributed by atoms with van der Waals surface area (Å²) in [5.74, 6) is -0.697. The first-order valence-electron chi connectivity index (χ1n) is 9.65. The lowest BCUT2D eigenvalue weighted by Crippen LogP contribution is -2.48. The van der Waals surface area contributed by atoms with Crippen molar-refractivity contribution in [2.24, 2.45) is 0 Å². The summed E-state index contributed by atoms with van der Waals surface area (Å²) in [6.45, 7) is 15.9. The molecule has 9 heteroatoms. The van der Waals surface area contributed by atoms with E-state index in [-0.39, 0.29) is 28.6 Å². The summed E-state index contributed by atoms with van der Waals surface area (Å²) in [4.78, 5) is 15.8. The fraction of sp³-hybridized carbons (Fsp3) is 0.700. The second-order valence-electron chi connectivity index (χ2n) is 9.66. The van der Waals surface area contributed by atoms with Gasteiger partial charge in [0.05, 0.1) is 23.4 Å². The highest BCUT2D eigenvalue weighted by molar-refractivity contribution is 6.74. The highest BCUT2D eigenvalue weighted by Gasteiger charge is 2.39. The van der Waals surface area contributed by atoms with E-state index in [1.807, 2.05) is 0 Å². The Kier molecular flexibility index (Phi) is 8.65. The molecule has 0 saturated heterocycles. The van der Waals surface area contributed by atoms with E-state index in [9.17, 15) is 14.3 Å². The first-order chi connectivity index (χ1) is 13.0. The average molecular weight is 449 g/mol. The smallest absolute Gasteiger partial charge is 0.407 e. The average Bonchev–Trinajstić information content (AvgIpc) is 2.52. The van der Waals surface area contributed by atoms with E-state index >= 15 is 0 Å². The van der Waals surface area contributed by atoms with Crippen LogP contribution in [0.15, 0.2) is 12.4 Å². The zero-order valence-corrected chi connectivity index (χ0v) is 20.4. The first kappa shape index (κ1) is 25.8. The molecule has 0 fully saturated rings. The second-order valence-corrected chi connectivity index (χ2v) is 14.8. The van der Waals surface area contributed by atoms with Crippen LogP contribution in [-0.4, -0.2) is 42.8 Å². The van der Waals surface area contributed by atoms with Crippen molar-refractivity contribution in [3.05, 3.63) is 28.8 Å². The molecule has 1 amide bonds. The van der Waals surface area contributed by atoms with Crippen LogP contribution in [0, 0.1) is 5.82 Å². The number of ether oxygens (including phenoxy) is 1. The lowest BCUT2D eigenvalue weighted by atomic mass is 10.1. The highest BCUT2D eigenvalue weighted by Crippen LogP contribution is 2.38. The van der Waals surface area contributed by atoms with Crippen molar-refractivity contribution >= 4 is 26.0 Å². The molecule has 1 heterocycles. The van der Waals surface area contributed by atoms with Crippen molar-refractivity contribution in [3.8, 4) is 0 Å². The molecule has 0 spiro atoms. The Hall–Kier alpha value is -1.22. The summed E-state index contributed by atoms with van der Waals surface area (Å²) in [5.41, 5.74) is -0.437. The number of aromatic nitrogens is 1. The minimum absolute atomic E-state index is 0.0693. The Morgan fingerprint density at radius 2 is 1.86 bits per heavy atom. The van der Waals surface area contributed by atoms with E-state index in [0.717, 1.165) is 6.20 Å². The molecule has 0 aliphatic rings. The fourth-order valence-corrected chi connectivity index (χ4v) is 3.91. The van der Waals surface area contributed by atoms with Gasteiger partial charge in [0.15, 0.2) is 14.1 Å². The standard InChI is InChI=1S/C20H34ClFN2O4Si/c1-19(2,3)27-18(26)24-10-13(28-29(7,8)20(4,5)6)9-16(25)14-11-23-12-15(22)17(14)21/h11-13,16,25H,9-10H2,1-8H3,(H,24,26)/t13-,16?/m1/s1. The predicted molar refractivity (Wildman–Crippen MR) is 115 cm³/mol. The number of hydrogen-bond acceptors (Lipinski definition) is 5. The van der Waals surface area contributed by atoms with Gasteiger partial charge in [0.2, 0.25) is 0 Å². The third-order valence-electron chi connectivity index (χ3n) is 4.85. The van der Waals surface area contributed by atoms with Gasteiger partial charge in [-0.15, -0.1) is 0 Å². The van der Waals surface area contributed by atoms with Gasteiger partial charge < -0.3 is 19.6 Å². The summed E-state index contributed by atoms with van der Waals surface area (Å²) in [6, 6.07) is 0. The van der Waals surface area contributed by atoms with E-state index in [1.165, 1.54) is 6.20 Å². The van der Waals surface area contributed by atoms with Gasteiger partial charge in [0.25, 0.3) is 0 Å². The zero-order chi connectivity index (χ0) is 22.6. The number of halogens is 2. The molecule has 2 atom stereocenters. The van der Waals surface area contributed by atoms with E-state index in [1.54, 1.807) is 20.8 Å². The molecule has 0 aliphatic heterocycles. The monoisotopic (exact) mass is 448 g/mol. The molecule has 1 rings (SSSR count). The van der Waals surface area contributed by atoms with Crippen LogP contribution >= 0.6 is 11.6 Å². The number of aliphatic hydroxyl groups excluding tert-OH is 1. The fourth-order valence-electron chi connectivity index (χ4n) is 2.32. The second kappa shape index (κ2) is 9.72. The number of carbonyl (C=O) groups excluding carboxylic acids is 1. The van der Waals surface area contributed by atoms with Gasteiger partial charge in [-0.2, -0.15) is 0 Å². The normalized spacial score (nSPS) is 15.0. The molecule has 0 radical (unpaired) electrons. The Morgan fingerprint density at radius 1 is 1.28 bits per heavy atom.